The summed E-state index contributed by atoms with van der Waals surface area (Å²) in [5.41, 5.74) is 4.17. The quantitative estimate of drug-likeness (QED) is 0.607. The Balaban J connectivity index is 1.75. The summed E-state index contributed by atoms with van der Waals surface area (Å²) in [6, 6.07) is 13.2. The maximum Gasteiger partial charge on any atom is 0.234 e. The van der Waals surface area contributed by atoms with Gasteiger partial charge in [0.1, 0.15) is 11.1 Å². The second kappa shape index (κ2) is 8.84. The number of benzene rings is 2. The highest BCUT2D eigenvalue weighted by Gasteiger charge is 2.12. The van der Waals surface area contributed by atoms with E-state index in [1.807, 2.05) is 32.0 Å². The Morgan fingerprint density at radius 3 is 2.52 bits per heavy atom. The van der Waals surface area contributed by atoms with Crippen LogP contribution in [0.2, 0.25) is 0 Å². The Morgan fingerprint density at radius 1 is 1.10 bits per heavy atom. The van der Waals surface area contributed by atoms with E-state index in [1.54, 1.807) is 25.3 Å². The fourth-order valence-electron chi connectivity index (χ4n) is 2.86. The first-order chi connectivity index (χ1) is 13.9. The van der Waals surface area contributed by atoms with Crippen molar-refractivity contribution in [2.24, 2.45) is 0 Å². The van der Waals surface area contributed by atoms with Crippen molar-refractivity contribution in [3.63, 3.8) is 0 Å². The second-order valence-corrected chi connectivity index (χ2v) is 7.45. The van der Waals surface area contributed by atoms with Crippen molar-refractivity contribution in [3.05, 3.63) is 53.1 Å². The summed E-state index contributed by atoms with van der Waals surface area (Å²) in [7, 11) is 3.09. The number of carbonyl (C=O) groups excluding carboxylic acids is 1. The predicted octanol–water partition coefficient (Wildman–Crippen LogP) is 4.47. The number of thioether (sulfide) groups is 1. The molecule has 29 heavy (non-hydrogen) atoms. The first-order valence-electron chi connectivity index (χ1n) is 8.92. The zero-order valence-electron chi connectivity index (χ0n) is 16.7. The number of rotatable bonds is 6. The van der Waals surface area contributed by atoms with E-state index < -0.39 is 0 Å². The molecule has 148 valence electrons. The van der Waals surface area contributed by atoms with Crippen LogP contribution in [-0.2, 0) is 4.79 Å². The molecule has 0 saturated carbocycles. The van der Waals surface area contributed by atoms with Gasteiger partial charge < -0.3 is 14.8 Å². The minimum absolute atomic E-state index is 0.131. The van der Waals surface area contributed by atoms with Crippen LogP contribution in [0.5, 0.6) is 11.5 Å². The van der Waals surface area contributed by atoms with Crippen molar-refractivity contribution in [2.75, 3.05) is 25.3 Å². The van der Waals surface area contributed by atoms with E-state index in [-0.39, 0.29) is 11.7 Å². The fraction of sp³-hybridized carbons (Fsp3) is 0.227. The summed E-state index contributed by atoms with van der Waals surface area (Å²) in [5.74, 6) is 1.05. The van der Waals surface area contributed by atoms with Crippen LogP contribution < -0.4 is 14.8 Å². The Labute approximate surface area is 173 Å². The molecule has 6 nitrogen and oxygen atoms in total. The monoisotopic (exact) mass is 407 g/mol. The number of ether oxygens (including phenoxy) is 2. The summed E-state index contributed by atoms with van der Waals surface area (Å²) in [5, 5.41) is 13.8. The minimum Gasteiger partial charge on any atom is -0.493 e. The number of carbonyl (C=O) groups is 1. The number of hydrogen-bond donors (Lipinski definition) is 1. The average Bonchev–Trinajstić information content (AvgIpc) is 2.72. The van der Waals surface area contributed by atoms with E-state index in [0.717, 1.165) is 22.0 Å². The van der Waals surface area contributed by atoms with E-state index in [1.165, 1.54) is 18.9 Å². The van der Waals surface area contributed by atoms with E-state index in [4.69, 9.17) is 9.47 Å². The fourth-order valence-corrected chi connectivity index (χ4v) is 3.62. The molecule has 0 radical (unpaired) electrons. The van der Waals surface area contributed by atoms with Crippen LogP contribution in [-0.4, -0.2) is 30.9 Å². The van der Waals surface area contributed by atoms with Gasteiger partial charge in [0.05, 0.1) is 31.1 Å². The molecule has 7 heteroatoms. The zero-order valence-corrected chi connectivity index (χ0v) is 17.5. The molecule has 0 aliphatic carbocycles. The lowest BCUT2D eigenvalue weighted by atomic mass is 10.1. The van der Waals surface area contributed by atoms with Crippen LogP contribution in [0.1, 0.15) is 16.7 Å². The van der Waals surface area contributed by atoms with Gasteiger partial charge in [-0.25, -0.2) is 4.98 Å². The lowest BCUT2D eigenvalue weighted by Crippen LogP contribution is -2.14. The number of methoxy groups -OCH3 is 2. The van der Waals surface area contributed by atoms with Gasteiger partial charge in [-0.3, -0.25) is 4.79 Å². The van der Waals surface area contributed by atoms with Crippen molar-refractivity contribution in [3.8, 4) is 17.6 Å². The Morgan fingerprint density at radius 2 is 1.83 bits per heavy atom. The minimum atomic E-state index is -0.201. The molecular formula is C22H21N3O3S. The van der Waals surface area contributed by atoms with Crippen molar-refractivity contribution in [1.29, 1.82) is 5.26 Å². The number of aryl methyl sites for hydroxylation is 2. The summed E-state index contributed by atoms with van der Waals surface area (Å²) < 4.78 is 10.4. The molecule has 1 N–H and O–H groups in total. The van der Waals surface area contributed by atoms with Crippen LogP contribution in [0.25, 0.3) is 10.9 Å². The maximum atomic E-state index is 12.4. The molecule has 1 heterocycles. The number of aromatic nitrogens is 1. The first-order valence-corrected chi connectivity index (χ1v) is 9.90. The van der Waals surface area contributed by atoms with Crippen molar-refractivity contribution >= 4 is 34.3 Å². The molecule has 2 aromatic carbocycles. The molecule has 0 bridgehead atoms. The third-order valence-electron chi connectivity index (χ3n) is 4.52. The molecule has 0 spiro atoms. The number of nitrogens with zero attached hydrogens (tertiary/aromatic N) is 2. The number of pyridine rings is 1. The van der Waals surface area contributed by atoms with E-state index in [0.29, 0.717) is 27.8 Å². The molecule has 3 rings (SSSR count). The molecule has 0 aliphatic rings. The molecule has 0 aliphatic heterocycles. The highest BCUT2D eigenvalue weighted by molar-refractivity contribution is 8.00. The van der Waals surface area contributed by atoms with Gasteiger partial charge in [0.25, 0.3) is 0 Å². The molecule has 3 aromatic rings. The van der Waals surface area contributed by atoms with Crippen molar-refractivity contribution in [2.45, 2.75) is 18.9 Å². The van der Waals surface area contributed by atoms with E-state index >= 15 is 0 Å². The van der Waals surface area contributed by atoms with Gasteiger partial charge in [0, 0.05) is 17.1 Å². The largest absolute Gasteiger partial charge is 0.493 e. The van der Waals surface area contributed by atoms with Gasteiger partial charge in [0.15, 0.2) is 11.5 Å². The molecule has 0 fully saturated rings. The molecule has 0 atom stereocenters. The summed E-state index contributed by atoms with van der Waals surface area (Å²) in [6.07, 6.45) is 0. The number of hydrogen-bond acceptors (Lipinski definition) is 6. The standard InChI is InChI=1S/C22H21N3O3S/c1-13-7-15-9-16(11-23)22(25-18(15)8-14(13)2)29-12-21(26)24-17-5-6-19(27-3)20(10-17)28-4/h5-10H,12H2,1-4H3,(H,24,26). The van der Waals surface area contributed by atoms with E-state index in [9.17, 15) is 10.1 Å². The SMILES string of the molecule is COc1ccc(NC(=O)CSc2nc3cc(C)c(C)cc3cc2C#N)cc1OC. The van der Waals surface area contributed by atoms with Gasteiger partial charge in [-0.05, 0) is 55.3 Å². The Bertz CT molecular complexity index is 1120. The molecule has 0 unspecified atom stereocenters. The summed E-state index contributed by atoms with van der Waals surface area (Å²) >= 11 is 1.24. The number of nitriles is 1. The number of anilines is 1. The smallest absolute Gasteiger partial charge is 0.234 e. The van der Waals surface area contributed by atoms with Gasteiger partial charge in [-0.15, -0.1) is 0 Å². The van der Waals surface area contributed by atoms with Gasteiger partial charge >= 0.3 is 0 Å². The number of amides is 1. The lowest BCUT2D eigenvalue weighted by Gasteiger charge is -2.11. The van der Waals surface area contributed by atoms with Gasteiger partial charge in [0.2, 0.25) is 5.91 Å². The second-order valence-electron chi connectivity index (χ2n) is 6.49. The Kier molecular flexibility index (Phi) is 6.25. The summed E-state index contributed by atoms with van der Waals surface area (Å²) in [4.78, 5) is 17.0. The number of fused-ring (bicyclic) bond motifs is 1. The number of nitrogens with one attached hydrogen (secondary N) is 1. The van der Waals surface area contributed by atoms with Crippen LogP contribution >= 0.6 is 11.8 Å². The molecular weight excluding hydrogens is 386 g/mol. The normalized spacial score (nSPS) is 10.4. The summed E-state index contributed by atoms with van der Waals surface area (Å²) in [6.45, 7) is 4.06. The van der Waals surface area contributed by atoms with Crippen LogP contribution in [0.4, 0.5) is 5.69 Å². The third kappa shape index (κ3) is 4.61. The van der Waals surface area contributed by atoms with Gasteiger partial charge in [-0.1, -0.05) is 11.8 Å². The van der Waals surface area contributed by atoms with Crippen LogP contribution in [0.3, 0.4) is 0 Å². The van der Waals surface area contributed by atoms with E-state index in [2.05, 4.69) is 16.4 Å². The zero-order chi connectivity index (χ0) is 21.0. The highest BCUT2D eigenvalue weighted by atomic mass is 32.2. The molecule has 1 aromatic heterocycles. The van der Waals surface area contributed by atoms with Crippen molar-refractivity contribution in [1.82, 2.24) is 4.98 Å². The van der Waals surface area contributed by atoms with Gasteiger partial charge in [-0.2, -0.15) is 5.26 Å². The van der Waals surface area contributed by atoms with Crippen molar-refractivity contribution < 1.29 is 14.3 Å². The van der Waals surface area contributed by atoms with Crippen LogP contribution in [0, 0.1) is 25.2 Å². The molecule has 1 amide bonds. The maximum absolute atomic E-state index is 12.4. The Hall–Kier alpha value is -3.24. The molecule has 0 saturated heterocycles. The van der Waals surface area contributed by atoms with Crippen LogP contribution in [0.15, 0.2) is 41.4 Å². The lowest BCUT2D eigenvalue weighted by molar-refractivity contribution is -0.113. The topological polar surface area (TPSA) is 84.2 Å². The third-order valence-corrected chi connectivity index (χ3v) is 5.51. The highest BCUT2D eigenvalue weighted by Crippen LogP contribution is 2.30. The predicted molar refractivity (Wildman–Crippen MR) is 115 cm³/mol. The first kappa shape index (κ1) is 20.5. The average molecular weight is 407 g/mol.